The summed E-state index contributed by atoms with van der Waals surface area (Å²) in [5.74, 6) is 1.71. The van der Waals surface area contributed by atoms with Gasteiger partial charge in [-0.25, -0.2) is 4.79 Å². The van der Waals surface area contributed by atoms with E-state index in [-0.39, 0.29) is 11.8 Å². The largest absolute Gasteiger partial charge is 0.618 e. The van der Waals surface area contributed by atoms with Crippen LogP contribution in [0.1, 0.15) is 32.6 Å². The zero-order valence-corrected chi connectivity index (χ0v) is 14.6. The van der Waals surface area contributed by atoms with Gasteiger partial charge in [0.05, 0.1) is 5.75 Å². The van der Waals surface area contributed by atoms with Gasteiger partial charge in [-0.05, 0) is 61.8 Å². The van der Waals surface area contributed by atoms with Crippen LogP contribution < -0.4 is 15.4 Å². The molecule has 2 fully saturated rings. The molecule has 4 atom stereocenters. The highest BCUT2D eigenvalue weighted by Crippen LogP contribution is 2.49. The Kier molecular flexibility index (Phi) is 5.28. The van der Waals surface area contributed by atoms with Crippen molar-refractivity contribution in [3.05, 3.63) is 29.6 Å². The zero-order valence-electron chi connectivity index (χ0n) is 13.7. The third kappa shape index (κ3) is 4.01. The molecule has 2 aliphatic rings. The number of hydrogen-bond donors (Lipinski definition) is 2. The van der Waals surface area contributed by atoms with E-state index < -0.39 is 11.9 Å². The summed E-state index contributed by atoms with van der Waals surface area (Å²) in [5, 5.41) is 17.2. The monoisotopic (exact) mass is 349 g/mol. The summed E-state index contributed by atoms with van der Waals surface area (Å²) in [4.78, 5) is 23.9. The van der Waals surface area contributed by atoms with Gasteiger partial charge in [0, 0.05) is 18.2 Å². The summed E-state index contributed by atoms with van der Waals surface area (Å²) in [6, 6.07) is 4.64. The molecule has 0 saturated heterocycles. The molecule has 1 aromatic heterocycles. The zero-order chi connectivity index (χ0) is 17.1. The molecule has 0 unspecified atom stereocenters. The van der Waals surface area contributed by atoms with Crippen molar-refractivity contribution in [3.63, 3.8) is 0 Å². The fourth-order valence-corrected chi connectivity index (χ4v) is 4.80. The van der Waals surface area contributed by atoms with E-state index in [1.54, 1.807) is 18.2 Å². The molecule has 2 bridgehead atoms. The molecule has 2 N–H and O–H groups in total. The Morgan fingerprint density at radius 2 is 2.21 bits per heavy atom. The minimum atomic E-state index is -0.445. The highest BCUT2D eigenvalue weighted by Gasteiger charge is 2.42. The molecule has 3 amide bonds. The minimum Gasteiger partial charge on any atom is -0.618 e. The summed E-state index contributed by atoms with van der Waals surface area (Å²) >= 11 is 1.11. The number of urea groups is 1. The number of pyridine rings is 1. The number of fused-ring (bicyclic) bond motifs is 2. The van der Waals surface area contributed by atoms with Crippen LogP contribution in [-0.4, -0.2) is 23.7 Å². The quantitative estimate of drug-likeness (QED) is 0.484. The van der Waals surface area contributed by atoms with Crippen LogP contribution in [0.4, 0.5) is 4.79 Å². The first-order valence-electron chi connectivity index (χ1n) is 8.44. The second-order valence-corrected chi connectivity index (χ2v) is 7.80. The molecule has 3 rings (SSSR count). The van der Waals surface area contributed by atoms with Gasteiger partial charge in [0.1, 0.15) is 0 Å². The van der Waals surface area contributed by atoms with Crippen molar-refractivity contribution < 1.29 is 14.3 Å². The van der Waals surface area contributed by atoms with Gasteiger partial charge in [0.2, 0.25) is 5.91 Å². The van der Waals surface area contributed by atoms with E-state index >= 15 is 0 Å². The fourth-order valence-electron chi connectivity index (χ4n) is 4.08. The highest BCUT2D eigenvalue weighted by molar-refractivity contribution is 7.99. The van der Waals surface area contributed by atoms with Crippen molar-refractivity contribution in [2.75, 3.05) is 5.75 Å². The van der Waals surface area contributed by atoms with Gasteiger partial charge < -0.3 is 10.5 Å². The minimum absolute atomic E-state index is 0.0299. The number of carbonyl (C=O) groups excluding carboxylic acids is 2. The number of imide groups is 1. The van der Waals surface area contributed by atoms with Crippen molar-refractivity contribution in [1.82, 2.24) is 10.6 Å². The number of rotatable bonds is 5. The second-order valence-electron chi connectivity index (χ2n) is 6.80. The van der Waals surface area contributed by atoms with Crippen molar-refractivity contribution in [2.24, 2.45) is 17.8 Å². The average Bonchev–Trinajstić information content (AvgIpc) is 3.17. The number of nitrogens with one attached hydrogen (secondary N) is 2. The molecule has 130 valence electrons. The lowest BCUT2D eigenvalue weighted by molar-refractivity contribution is -0.645. The predicted molar refractivity (Wildman–Crippen MR) is 91.2 cm³/mol. The lowest BCUT2D eigenvalue weighted by Crippen LogP contribution is -2.47. The van der Waals surface area contributed by atoms with Crippen LogP contribution in [0.3, 0.4) is 0 Å². The van der Waals surface area contributed by atoms with Gasteiger partial charge in [0.15, 0.2) is 6.20 Å². The summed E-state index contributed by atoms with van der Waals surface area (Å²) in [6.45, 7) is 2.02. The molecule has 2 saturated carbocycles. The van der Waals surface area contributed by atoms with Crippen molar-refractivity contribution in [2.45, 2.75) is 43.7 Å². The third-order valence-electron chi connectivity index (χ3n) is 5.19. The van der Waals surface area contributed by atoms with Gasteiger partial charge in [-0.1, -0.05) is 6.42 Å². The summed E-state index contributed by atoms with van der Waals surface area (Å²) in [7, 11) is 0. The first-order chi connectivity index (χ1) is 11.5. The van der Waals surface area contributed by atoms with Crippen LogP contribution in [0.25, 0.3) is 0 Å². The first-order valence-corrected chi connectivity index (χ1v) is 9.43. The normalized spacial score (nSPS) is 26.1. The van der Waals surface area contributed by atoms with Crippen LogP contribution >= 0.6 is 11.8 Å². The molecule has 24 heavy (non-hydrogen) atoms. The number of thioether (sulfide) groups is 1. The summed E-state index contributed by atoms with van der Waals surface area (Å²) in [6.07, 6.45) is 6.46. The van der Waals surface area contributed by atoms with E-state index in [4.69, 9.17) is 0 Å². The predicted octanol–water partition coefficient (Wildman–Crippen LogP) is 2.06. The average molecular weight is 349 g/mol. The first kappa shape index (κ1) is 17.1. The van der Waals surface area contributed by atoms with Gasteiger partial charge in [0.25, 0.3) is 5.03 Å². The summed E-state index contributed by atoms with van der Waals surface area (Å²) < 4.78 is 0.704. The van der Waals surface area contributed by atoms with Crippen LogP contribution in [0.2, 0.25) is 0 Å². The Morgan fingerprint density at radius 3 is 2.88 bits per heavy atom. The Hall–Kier alpha value is -1.76. The fraction of sp³-hybridized carbons (Fsp3) is 0.588. The van der Waals surface area contributed by atoms with E-state index in [9.17, 15) is 14.8 Å². The highest BCUT2D eigenvalue weighted by atomic mass is 32.2. The maximum absolute atomic E-state index is 12.0. The Morgan fingerprint density at radius 1 is 1.38 bits per heavy atom. The smallest absolute Gasteiger partial charge is 0.321 e. The standard InChI is InChI=1S/C17H23N3O3S/c1-11(14-9-12-5-6-13(14)8-12)18-17(22)19-15(21)10-24-16-4-2-3-7-20(16)23/h2-4,7,11-14H,5-6,8-10H2,1H3,(H2,18,19,21,22)/t11-,12-,13-,14+/m0/s1. The molecule has 7 heteroatoms. The molecule has 0 aromatic carbocycles. The van der Waals surface area contributed by atoms with E-state index in [1.807, 2.05) is 6.92 Å². The van der Waals surface area contributed by atoms with Crippen LogP contribution in [-0.2, 0) is 4.79 Å². The maximum atomic E-state index is 12.0. The molecule has 1 heterocycles. The third-order valence-corrected chi connectivity index (χ3v) is 6.20. The lowest BCUT2D eigenvalue weighted by atomic mass is 9.84. The number of amides is 3. The molecular formula is C17H23N3O3S. The number of nitrogens with zero attached hydrogens (tertiary/aromatic N) is 1. The number of carbonyl (C=O) groups is 2. The van der Waals surface area contributed by atoms with Crippen molar-refractivity contribution >= 4 is 23.7 Å². The van der Waals surface area contributed by atoms with Crippen LogP contribution in [0, 0.1) is 23.0 Å². The Bertz CT molecular complexity index is 625. The molecular weight excluding hydrogens is 326 g/mol. The SMILES string of the molecule is C[C@H](NC(=O)NC(=O)CSc1cccc[n+]1[O-])[C@H]1C[C@H]2CC[C@H]1C2. The van der Waals surface area contributed by atoms with Gasteiger partial charge in [-0.15, -0.1) is 0 Å². The Balaban J connectivity index is 1.41. The number of hydrogen-bond acceptors (Lipinski definition) is 4. The lowest BCUT2D eigenvalue weighted by Gasteiger charge is -2.28. The van der Waals surface area contributed by atoms with Crippen molar-refractivity contribution in [3.8, 4) is 0 Å². The van der Waals surface area contributed by atoms with Gasteiger partial charge >= 0.3 is 6.03 Å². The van der Waals surface area contributed by atoms with E-state index in [2.05, 4.69) is 10.6 Å². The van der Waals surface area contributed by atoms with Gasteiger partial charge in [-0.3, -0.25) is 10.1 Å². The molecule has 6 nitrogen and oxygen atoms in total. The molecule has 1 aromatic rings. The summed E-state index contributed by atoms with van der Waals surface area (Å²) in [5.41, 5.74) is 0. The van der Waals surface area contributed by atoms with Crippen LogP contribution in [0.5, 0.6) is 0 Å². The molecule has 2 aliphatic carbocycles. The van der Waals surface area contributed by atoms with Crippen molar-refractivity contribution in [1.29, 1.82) is 0 Å². The van der Waals surface area contributed by atoms with Crippen LogP contribution in [0.15, 0.2) is 29.4 Å². The molecule has 0 spiro atoms. The topological polar surface area (TPSA) is 85.1 Å². The Labute approximate surface area is 146 Å². The van der Waals surface area contributed by atoms with Gasteiger partial charge in [-0.2, -0.15) is 4.73 Å². The van der Waals surface area contributed by atoms with E-state index in [1.165, 1.54) is 31.9 Å². The second kappa shape index (κ2) is 7.42. The maximum Gasteiger partial charge on any atom is 0.321 e. The molecule has 0 aliphatic heterocycles. The van der Waals surface area contributed by atoms with E-state index in [0.717, 1.165) is 23.6 Å². The number of aromatic nitrogens is 1. The molecule has 0 radical (unpaired) electrons. The van der Waals surface area contributed by atoms with E-state index in [0.29, 0.717) is 15.7 Å².